The monoisotopic (exact) mass is 174 g/mol. The molecular formula is C12H14O. The molecule has 1 unspecified atom stereocenters. The SMILES string of the molecule is CC1C=C(c2ccccc2)COC1. The lowest BCUT2D eigenvalue weighted by Crippen LogP contribution is -2.12. The highest BCUT2D eigenvalue weighted by atomic mass is 16.5. The van der Waals surface area contributed by atoms with E-state index in [-0.39, 0.29) is 0 Å². The number of hydrogen-bond acceptors (Lipinski definition) is 1. The Morgan fingerprint density at radius 1 is 1.23 bits per heavy atom. The smallest absolute Gasteiger partial charge is 0.0719 e. The molecule has 0 saturated heterocycles. The van der Waals surface area contributed by atoms with Gasteiger partial charge in [0.25, 0.3) is 0 Å². The second-order valence-corrected chi connectivity index (χ2v) is 3.55. The van der Waals surface area contributed by atoms with Crippen molar-refractivity contribution in [3.05, 3.63) is 42.0 Å². The molecule has 0 fully saturated rings. The Bertz CT molecular complexity index is 300. The first-order valence-electron chi connectivity index (χ1n) is 4.70. The van der Waals surface area contributed by atoms with Gasteiger partial charge in [-0.3, -0.25) is 0 Å². The highest BCUT2D eigenvalue weighted by Crippen LogP contribution is 2.20. The summed E-state index contributed by atoms with van der Waals surface area (Å²) >= 11 is 0. The summed E-state index contributed by atoms with van der Waals surface area (Å²) < 4.78 is 5.48. The number of ether oxygens (including phenoxy) is 1. The molecule has 0 saturated carbocycles. The average Bonchev–Trinajstić information content (AvgIpc) is 2.19. The molecule has 1 aliphatic heterocycles. The van der Waals surface area contributed by atoms with E-state index < -0.39 is 0 Å². The Morgan fingerprint density at radius 2 is 2.00 bits per heavy atom. The summed E-state index contributed by atoms with van der Waals surface area (Å²) in [5.41, 5.74) is 2.61. The van der Waals surface area contributed by atoms with Crippen molar-refractivity contribution in [1.82, 2.24) is 0 Å². The summed E-state index contributed by atoms with van der Waals surface area (Å²) in [5, 5.41) is 0. The highest BCUT2D eigenvalue weighted by molar-refractivity contribution is 5.66. The lowest BCUT2D eigenvalue weighted by atomic mass is 10.00. The molecule has 0 radical (unpaired) electrons. The summed E-state index contributed by atoms with van der Waals surface area (Å²) in [4.78, 5) is 0. The van der Waals surface area contributed by atoms with E-state index in [1.165, 1.54) is 11.1 Å². The Hall–Kier alpha value is -1.08. The molecule has 0 amide bonds. The number of rotatable bonds is 1. The van der Waals surface area contributed by atoms with E-state index in [1.54, 1.807) is 0 Å². The fourth-order valence-corrected chi connectivity index (χ4v) is 1.63. The molecule has 0 spiro atoms. The van der Waals surface area contributed by atoms with Gasteiger partial charge in [-0.15, -0.1) is 0 Å². The minimum absolute atomic E-state index is 0.545. The van der Waals surface area contributed by atoms with Crippen LogP contribution in [-0.2, 0) is 4.74 Å². The molecule has 0 aromatic heterocycles. The summed E-state index contributed by atoms with van der Waals surface area (Å²) in [7, 11) is 0. The maximum absolute atomic E-state index is 5.48. The minimum atomic E-state index is 0.545. The maximum atomic E-state index is 5.48. The quantitative estimate of drug-likeness (QED) is 0.636. The summed E-state index contributed by atoms with van der Waals surface area (Å²) in [6, 6.07) is 10.4. The second kappa shape index (κ2) is 3.75. The topological polar surface area (TPSA) is 9.23 Å². The molecule has 13 heavy (non-hydrogen) atoms. The van der Waals surface area contributed by atoms with Crippen LogP contribution in [0.4, 0.5) is 0 Å². The molecule has 1 nitrogen and oxygen atoms in total. The van der Waals surface area contributed by atoms with Crippen molar-refractivity contribution in [3.8, 4) is 0 Å². The first kappa shape index (κ1) is 8.52. The van der Waals surface area contributed by atoms with E-state index in [0.29, 0.717) is 5.92 Å². The van der Waals surface area contributed by atoms with Gasteiger partial charge in [0.2, 0.25) is 0 Å². The predicted octanol–water partition coefficient (Wildman–Crippen LogP) is 2.74. The third kappa shape index (κ3) is 1.99. The molecule has 2 rings (SSSR count). The van der Waals surface area contributed by atoms with Gasteiger partial charge in [-0.1, -0.05) is 43.3 Å². The van der Waals surface area contributed by atoms with Crippen LogP contribution in [0.5, 0.6) is 0 Å². The summed E-state index contributed by atoms with van der Waals surface area (Å²) in [6.45, 7) is 3.80. The van der Waals surface area contributed by atoms with Crippen LogP contribution in [0.25, 0.3) is 5.57 Å². The van der Waals surface area contributed by atoms with Crippen molar-refractivity contribution in [2.45, 2.75) is 6.92 Å². The van der Waals surface area contributed by atoms with Crippen molar-refractivity contribution >= 4 is 5.57 Å². The van der Waals surface area contributed by atoms with Gasteiger partial charge in [-0.25, -0.2) is 0 Å². The Labute approximate surface area is 79.0 Å². The molecule has 1 heteroatoms. The van der Waals surface area contributed by atoms with E-state index >= 15 is 0 Å². The summed E-state index contributed by atoms with van der Waals surface area (Å²) in [6.07, 6.45) is 2.30. The zero-order chi connectivity index (χ0) is 9.10. The second-order valence-electron chi connectivity index (χ2n) is 3.55. The number of benzene rings is 1. The molecule has 0 bridgehead atoms. The van der Waals surface area contributed by atoms with Gasteiger partial charge in [-0.05, 0) is 17.1 Å². The molecular weight excluding hydrogens is 160 g/mol. The van der Waals surface area contributed by atoms with E-state index in [9.17, 15) is 0 Å². The van der Waals surface area contributed by atoms with Gasteiger partial charge in [0.1, 0.15) is 0 Å². The molecule has 1 aromatic rings. The van der Waals surface area contributed by atoms with Crippen molar-refractivity contribution in [2.24, 2.45) is 5.92 Å². The normalized spacial score (nSPS) is 22.5. The summed E-state index contributed by atoms with van der Waals surface area (Å²) in [5.74, 6) is 0.545. The van der Waals surface area contributed by atoms with Crippen LogP contribution < -0.4 is 0 Å². The Kier molecular flexibility index (Phi) is 2.46. The van der Waals surface area contributed by atoms with Crippen LogP contribution in [0, 0.1) is 5.92 Å². The van der Waals surface area contributed by atoms with Crippen molar-refractivity contribution in [3.63, 3.8) is 0 Å². The van der Waals surface area contributed by atoms with Gasteiger partial charge in [0, 0.05) is 0 Å². The standard InChI is InChI=1S/C12H14O/c1-10-7-12(9-13-8-10)11-5-3-2-4-6-11/h2-7,10H,8-9H2,1H3. The zero-order valence-corrected chi connectivity index (χ0v) is 7.86. The molecule has 1 atom stereocenters. The van der Waals surface area contributed by atoms with Crippen LogP contribution in [0.1, 0.15) is 12.5 Å². The fraction of sp³-hybridized carbons (Fsp3) is 0.333. The third-order valence-corrected chi connectivity index (χ3v) is 2.27. The zero-order valence-electron chi connectivity index (χ0n) is 7.86. The predicted molar refractivity (Wildman–Crippen MR) is 54.4 cm³/mol. The Morgan fingerprint density at radius 3 is 2.69 bits per heavy atom. The van der Waals surface area contributed by atoms with Crippen molar-refractivity contribution in [2.75, 3.05) is 13.2 Å². The number of hydrogen-bond donors (Lipinski definition) is 0. The maximum Gasteiger partial charge on any atom is 0.0719 e. The minimum Gasteiger partial charge on any atom is -0.376 e. The van der Waals surface area contributed by atoms with Crippen LogP contribution >= 0.6 is 0 Å². The van der Waals surface area contributed by atoms with Gasteiger partial charge >= 0.3 is 0 Å². The van der Waals surface area contributed by atoms with Gasteiger partial charge in [0.15, 0.2) is 0 Å². The van der Waals surface area contributed by atoms with E-state index in [0.717, 1.165) is 13.2 Å². The van der Waals surface area contributed by atoms with Crippen LogP contribution in [0.15, 0.2) is 36.4 Å². The van der Waals surface area contributed by atoms with Gasteiger partial charge in [-0.2, -0.15) is 0 Å². The molecule has 1 aromatic carbocycles. The largest absolute Gasteiger partial charge is 0.376 e. The average molecular weight is 174 g/mol. The van der Waals surface area contributed by atoms with E-state index in [1.807, 2.05) is 6.07 Å². The highest BCUT2D eigenvalue weighted by Gasteiger charge is 2.10. The van der Waals surface area contributed by atoms with Crippen molar-refractivity contribution in [1.29, 1.82) is 0 Å². The molecule has 0 N–H and O–H groups in total. The van der Waals surface area contributed by atoms with Crippen LogP contribution in [0.2, 0.25) is 0 Å². The van der Waals surface area contributed by atoms with E-state index in [2.05, 4.69) is 37.3 Å². The fourth-order valence-electron chi connectivity index (χ4n) is 1.63. The third-order valence-electron chi connectivity index (χ3n) is 2.27. The van der Waals surface area contributed by atoms with E-state index in [4.69, 9.17) is 4.74 Å². The first-order valence-corrected chi connectivity index (χ1v) is 4.70. The van der Waals surface area contributed by atoms with Crippen LogP contribution in [-0.4, -0.2) is 13.2 Å². The molecule has 1 aliphatic rings. The van der Waals surface area contributed by atoms with Gasteiger partial charge < -0.3 is 4.74 Å². The van der Waals surface area contributed by atoms with Gasteiger partial charge in [0.05, 0.1) is 13.2 Å². The molecule has 0 aliphatic carbocycles. The molecule has 1 heterocycles. The first-order chi connectivity index (χ1) is 6.36. The van der Waals surface area contributed by atoms with Crippen molar-refractivity contribution < 1.29 is 4.74 Å². The lowest BCUT2D eigenvalue weighted by Gasteiger charge is -2.18. The van der Waals surface area contributed by atoms with Crippen LogP contribution in [0.3, 0.4) is 0 Å². The lowest BCUT2D eigenvalue weighted by molar-refractivity contribution is 0.137. The Balaban J connectivity index is 2.26. The molecule has 68 valence electrons.